The highest BCUT2D eigenvalue weighted by Gasteiger charge is 2.15. The van der Waals surface area contributed by atoms with E-state index in [2.05, 4.69) is 4.98 Å². The first-order chi connectivity index (χ1) is 6.20. The van der Waals surface area contributed by atoms with Gasteiger partial charge in [0, 0.05) is 23.2 Å². The van der Waals surface area contributed by atoms with E-state index in [1.165, 1.54) is 6.07 Å². The summed E-state index contributed by atoms with van der Waals surface area (Å²) in [5, 5.41) is 20.3. The Bertz CT molecular complexity index is 475. The van der Waals surface area contributed by atoms with E-state index >= 15 is 0 Å². The molecule has 0 aliphatic heterocycles. The van der Waals surface area contributed by atoms with Crippen molar-refractivity contribution in [1.29, 1.82) is 0 Å². The average Bonchev–Trinajstić information content (AvgIpc) is 2.52. The standard InChI is InChI=1S/C8H6N2O3/c11-8-5-3-4-9-6(5)1-2-7(8)10(12)13/h1-4,9,11H. The van der Waals surface area contributed by atoms with Crippen LogP contribution in [-0.2, 0) is 0 Å². The summed E-state index contributed by atoms with van der Waals surface area (Å²) >= 11 is 0. The number of nitrogens with zero attached hydrogens (tertiary/aromatic N) is 1. The minimum absolute atomic E-state index is 0.271. The molecule has 0 aliphatic carbocycles. The van der Waals surface area contributed by atoms with E-state index in [-0.39, 0.29) is 11.4 Å². The summed E-state index contributed by atoms with van der Waals surface area (Å²) in [5.41, 5.74) is 0.412. The van der Waals surface area contributed by atoms with Gasteiger partial charge in [0.25, 0.3) is 0 Å². The minimum atomic E-state index is -0.609. The molecule has 5 nitrogen and oxygen atoms in total. The van der Waals surface area contributed by atoms with Gasteiger partial charge in [0.15, 0.2) is 0 Å². The maximum atomic E-state index is 10.4. The fourth-order valence-electron chi connectivity index (χ4n) is 1.25. The van der Waals surface area contributed by atoms with Crippen molar-refractivity contribution in [2.45, 2.75) is 0 Å². The summed E-state index contributed by atoms with van der Waals surface area (Å²) in [6, 6.07) is 4.43. The molecule has 0 atom stereocenters. The molecule has 0 spiro atoms. The van der Waals surface area contributed by atoms with E-state index in [0.29, 0.717) is 10.9 Å². The zero-order valence-corrected chi connectivity index (χ0v) is 6.52. The summed E-state index contributed by atoms with van der Waals surface area (Å²) in [6.45, 7) is 0. The van der Waals surface area contributed by atoms with Crippen LogP contribution in [0.25, 0.3) is 10.9 Å². The van der Waals surface area contributed by atoms with Crippen LogP contribution in [-0.4, -0.2) is 15.0 Å². The molecule has 66 valence electrons. The highest BCUT2D eigenvalue weighted by molar-refractivity contribution is 5.89. The number of aromatic amines is 1. The molecule has 0 amide bonds. The zero-order chi connectivity index (χ0) is 9.42. The Labute approximate surface area is 72.8 Å². The average molecular weight is 178 g/mol. The van der Waals surface area contributed by atoms with Crippen molar-refractivity contribution < 1.29 is 10.0 Å². The number of phenols is 1. The van der Waals surface area contributed by atoms with Crippen LogP contribution in [0.3, 0.4) is 0 Å². The number of nitro benzene ring substituents is 1. The number of hydrogen-bond donors (Lipinski definition) is 2. The molecular weight excluding hydrogens is 172 g/mol. The second-order valence-electron chi connectivity index (χ2n) is 2.63. The summed E-state index contributed by atoms with van der Waals surface area (Å²) < 4.78 is 0. The molecule has 0 aliphatic rings. The summed E-state index contributed by atoms with van der Waals surface area (Å²) in [4.78, 5) is 12.7. The smallest absolute Gasteiger partial charge is 0.311 e. The summed E-state index contributed by atoms with van der Waals surface area (Å²) in [7, 11) is 0. The number of hydrogen-bond acceptors (Lipinski definition) is 3. The number of aromatic nitrogens is 1. The first-order valence-electron chi connectivity index (χ1n) is 3.63. The minimum Gasteiger partial charge on any atom is -0.502 e. The number of aromatic hydroxyl groups is 1. The number of benzene rings is 1. The molecule has 2 aromatic rings. The molecule has 1 aromatic heterocycles. The number of fused-ring (bicyclic) bond motifs is 1. The molecule has 13 heavy (non-hydrogen) atoms. The van der Waals surface area contributed by atoms with Crippen LogP contribution in [0, 0.1) is 10.1 Å². The zero-order valence-electron chi connectivity index (χ0n) is 6.52. The number of rotatable bonds is 1. The van der Waals surface area contributed by atoms with Gasteiger partial charge in [-0.15, -0.1) is 0 Å². The van der Waals surface area contributed by atoms with Gasteiger partial charge in [-0.05, 0) is 12.1 Å². The Morgan fingerprint density at radius 3 is 2.85 bits per heavy atom. The van der Waals surface area contributed by atoms with Gasteiger partial charge in [0.05, 0.1) is 4.92 Å². The molecule has 0 bridgehead atoms. The van der Waals surface area contributed by atoms with Crippen LogP contribution in [0.1, 0.15) is 0 Å². The first-order valence-corrected chi connectivity index (χ1v) is 3.63. The van der Waals surface area contributed by atoms with Crippen LogP contribution >= 0.6 is 0 Å². The van der Waals surface area contributed by atoms with E-state index in [4.69, 9.17) is 0 Å². The van der Waals surface area contributed by atoms with Crippen molar-refractivity contribution in [3.8, 4) is 5.75 Å². The lowest BCUT2D eigenvalue weighted by atomic mass is 10.2. The van der Waals surface area contributed by atoms with Gasteiger partial charge in [-0.3, -0.25) is 10.1 Å². The highest BCUT2D eigenvalue weighted by atomic mass is 16.6. The van der Waals surface area contributed by atoms with Gasteiger partial charge in [0.1, 0.15) is 0 Å². The molecule has 0 saturated heterocycles. The van der Waals surface area contributed by atoms with Crippen molar-refractivity contribution in [3.63, 3.8) is 0 Å². The summed E-state index contributed by atoms with van der Waals surface area (Å²) in [5.74, 6) is -0.288. The van der Waals surface area contributed by atoms with Gasteiger partial charge >= 0.3 is 5.69 Å². The second-order valence-corrected chi connectivity index (χ2v) is 2.63. The van der Waals surface area contributed by atoms with Crippen LogP contribution in [0.2, 0.25) is 0 Å². The Balaban J connectivity index is 2.80. The quantitative estimate of drug-likeness (QED) is 0.516. The Morgan fingerprint density at radius 2 is 2.15 bits per heavy atom. The lowest BCUT2D eigenvalue weighted by Gasteiger charge is -1.96. The largest absolute Gasteiger partial charge is 0.502 e. The van der Waals surface area contributed by atoms with Crippen LogP contribution in [0.5, 0.6) is 5.75 Å². The second kappa shape index (κ2) is 2.48. The topological polar surface area (TPSA) is 79.2 Å². The Kier molecular flexibility index (Phi) is 1.45. The lowest BCUT2D eigenvalue weighted by Crippen LogP contribution is -1.87. The van der Waals surface area contributed by atoms with Crippen molar-refractivity contribution in [2.75, 3.05) is 0 Å². The van der Waals surface area contributed by atoms with E-state index < -0.39 is 4.92 Å². The van der Waals surface area contributed by atoms with E-state index in [1.807, 2.05) is 0 Å². The van der Waals surface area contributed by atoms with Gasteiger partial charge in [-0.2, -0.15) is 0 Å². The summed E-state index contributed by atoms with van der Waals surface area (Å²) in [6.07, 6.45) is 1.62. The molecule has 5 heteroatoms. The predicted octanol–water partition coefficient (Wildman–Crippen LogP) is 1.78. The molecule has 0 radical (unpaired) electrons. The monoisotopic (exact) mass is 178 g/mol. The van der Waals surface area contributed by atoms with Gasteiger partial charge < -0.3 is 10.1 Å². The van der Waals surface area contributed by atoms with E-state index in [1.54, 1.807) is 18.3 Å². The number of nitrogens with one attached hydrogen (secondary N) is 1. The Morgan fingerprint density at radius 1 is 1.38 bits per heavy atom. The van der Waals surface area contributed by atoms with Crippen molar-refractivity contribution in [1.82, 2.24) is 4.98 Å². The van der Waals surface area contributed by atoms with E-state index in [9.17, 15) is 15.2 Å². The molecule has 0 fully saturated rings. The molecule has 2 rings (SSSR count). The lowest BCUT2D eigenvalue weighted by molar-refractivity contribution is -0.385. The van der Waals surface area contributed by atoms with Crippen molar-refractivity contribution >= 4 is 16.6 Å². The van der Waals surface area contributed by atoms with Crippen LogP contribution < -0.4 is 0 Å². The van der Waals surface area contributed by atoms with Gasteiger partial charge in [0.2, 0.25) is 5.75 Å². The van der Waals surface area contributed by atoms with Crippen molar-refractivity contribution in [2.24, 2.45) is 0 Å². The van der Waals surface area contributed by atoms with Gasteiger partial charge in [-0.25, -0.2) is 0 Å². The van der Waals surface area contributed by atoms with E-state index in [0.717, 1.165) is 0 Å². The molecular formula is C8H6N2O3. The predicted molar refractivity (Wildman–Crippen MR) is 46.6 cm³/mol. The van der Waals surface area contributed by atoms with Crippen molar-refractivity contribution in [3.05, 3.63) is 34.5 Å². The fourth-order valence-corrected chi connectivity index (χ4v) is 1.25. The normalized spacial score (nSPS) is 10.5. The third kappa shape index (κ3) is 1.01. The number of nitro groups is 1. The SMILES string of the molecule is O=[N+]([O-])c1ccc2[nH]ccc2c1O. The third-order valence-corrected chi connectivity index (χ3v) is 1.88. The third-order valence-electron chi connectivity index (χ3n) is 1.88. The maximum Gasteiger partial charge on any atom is 0.311 e. The van der Waals surface area contributed by atoms with Gasteiger partial charge in [-0.1, -0.05) is 0 Å². The maximum absolute atomic E-state index is 10.4. The molecule has 1 aromatic carbocycles. The number of H-pyrrole nitrogens is 1. The number of phenolic OH excluding ortho intramolecular Hbond substituents is 1. The molecule has 0 saturated carbocycles. The molecule has 0 unspecified atom stereocenters. The Hall–Kier alpha value is -2.04. The fraction of sp³-hybridized carbons (Fsp3) is 0. The van der Waals surface area contributed by atoms with Crippen LogP contribution in [0.15, 0.2) is 24.4 Å². The van der Waals surface area contributed by atoms with Crippen LogP contribution in [0.4, 0.5) is 5.69 Å². The molecule has 2 N–H and O–H groups in total. The molecule has 1 heterocycles. The first kappa shape index (κ1) is 7.60. The highest BCUT2D eigenvalue weighted by Crippen LogP contribution is 2.33.